The maximum atomic E-state index is 12.9. The molecule has 0 saturated heterocycles. The van der Waals surface area contributed by atoms with E-state index in [1.165, 1.54) is 12.1 Å². The largest absolute Gasteiger partial charge is 0.505 e. The summed E-state index contributed by atoms with van der Waals surface area (Å²) in [5.41, 5.74) is 1.71. The molecule has 0 radical (unpaired) electrons. The van der Waals surface area contributed by atoms with Gasteiger partial charge in [-0.2, -0.15) is 0 Å². The molecular formula is C16H15FN2O3. The monoisotopic (exact) mass is 302 g/mol. The van der Waals surface area contributed by atoms with Gasteiger partial charge in [-0.15, -0.1) is 0 Å². The quantitative estimate of drug-likeness (QED) is 0.883. The number of halogens is 1. The van der Waals surface area contributed by atoms with E-state index in [4.69, 9.17) is 0 Å². The molecule has 3 rings (SSSR count). The number of aromatic hydroxyl groups is 1. The third-order valence-corrected chi connectivity index (χ3v) is 4.03. The summed E-state index contributed by atoms with van der Waals surface area (Å²) in [6.45, 7) is 3.01. The van der Waals surface area contributed by atoms with Crippen molar-refractivity contribution >= 4 is 12.2 Å². The van der Waals surface area contributed by atoms with Crippen LogP contribution in [-0.2, 0) is 13.1 Å². The SMILES string of the molecule is Cc1c(C=O)c(O)c2n1CCN(Cc1ccc(F)cc1)C2=O. The third kappa shape index (κ3) is 2.16. The first kappa shape index (κ1) is 14.3. The van der Waals surface area contributed by atoms with Gasteiger partial charge in [-0.3, -0.25) is 9.59 Å². The summed E-state index contributed by atoms with van der Waals surface area (Å²) in [7, 11) is 0. The van der Waals surface area contributed by atoms with E-state index in [0.717, 1.165) is 5.56 Å². The lowest BCUT2D eigenvalue weighted by Crippen LogP contribution is -2.39. The molecule has 1 aliphatic heterocycles. The number of amides is 1. The van der Waals surface area contributed by atoms with Crippen molar-refractivity contribution in [2.45, 2.75) is 20.0 Å². The predicted molar refractivity (Wildman–Crippen MR) is 77.4 cm³/mol. The van der Waals surface area contributed by atoms with Crippen LogP contribution < -0.4 is 0 Å². The number of carbonyl (C=O) groups excluding carboxylic acids is 2. The average molecular weight is 302 g/mol. The zero-order chi connectivity index (χ0) is 15.9. The van der Waals surface area contributed by atoms with E-state index in [9.17, 15) is 19.1 Å². The lowest BCUT2D eigenvalue weighted by atomic mass is 10.1. The molecule has 1 aromatic heterocycles. The van der Waals surface area contributed by atoms with Gasteiger partial charge in [0.25, 0.3) is 5.91 Å². The Morgan fingerprint density at radius 2 is 1.95 bits per heavy atom. The van der Waals surface area contributed by atoms with Crippen LogP contribution in [0.3, 0.4) is 0 Å². The summed E-state index contributed by atoms with van der Waals surface area (Å²) in [5.74, 6) is -0.919. The summed E-state index contributed by atoms with van der Waals surface area (Å²) in [4.78, 5) is 25.2. The Kier molecular flexibility index (Phi) is 3.44. The minimum absolute atomic E-state index is 0.146. The molecule has 1 N–H and O–H groups in total. The lowest BCUT2D eigenvalue weighted by molar-refractivity contribution is 0.0685. The number of hydrogen-bond donors (Lipinski definition) is 1. The summed E-state index contributed by atoms with van der Waals surface area (Å²) >= 11 is 0. The molecule has 0 fully saturated rings. The summed E-state index contributed by atoms with van der Waals surface area (Å²) in [6, 6.07) is 5.94. The molecule has 22 heavy (non-hydrogen) atoms. The Hall–Kier alpha value is -2.63. The van der Waals surface area contributed by atoms with E-state index < -0.39 is 0 Å². The van der Waals surface area contributed by atoms with Gasteiger partial charge in [-0.1, -0.05) is 12.1 Å². The second kappa shape index (κ2) is 5.29. The fourth-order valence-electron chi connectivity index (χ4n) is 2.81. The van der Waals surface area contributed by atoms with Gasteiger partial charge in [0, 0.05) is 25.3 Å². The molecule has 1 aromatic carbocycles. The van der Waals surface area contributed by atoms with Gasteiger partial charge >= 0.3 is 0 Å². The van der Waals surface area contributed by atoms with E-state index >= 15 is 0 Å². The van der Waals surface area contributed by atoms with Gasteiger partial charge in [-0.05, 0) is 24.6 Å². The van der Waals surface area contributed by atoms with E-state index in [1.807, 2.05) is 0 Å². The van der Waals surface area contributed by atoms with Crippen LogP contribution in [-0.4, -0.2) is 33.3 Å². The molecule has 2 aromatic rings. The molecule has 1 aliphatic rings. The molecule has 6 heteroatoms. The van der Waals surface area contributed by atoms with Crippen molar-refractivity contribution < 1.29 is 19.1 Å². The number of fused-ring (bicyclic) bond motifs is 1. The van der Waals surface area contributed by atoms with Crippen molar-refractivity contribution in [3.05, 3.63) is 52.6 Å². The van der Waals surface area contributed by atoms with Crippen LogP contribution in [0.1, 0.15) is 32.1 Å². The van der Waals surface area contributed by atoms with Crippen LogP contribution in [0.25, 0.3) is 0 Å². The van der Waals surface area contributed by atoms with Gasteiger partial charge in [-0.25, -0.2) is 4.39 Å². The van der Waals surface area contributed by atoms with Crippen molar-refractivity contribution in [2.24, 2.45) is 0 Å². The van der Waals surface area contributed by atoms with Gasteiger partial charge < -0.3 is 14.6 Å². The molecule has 0 aliphatic carbocycles. The van der Waals surface area contributed by atoms with Crippen molar-refractivity contribution in [3.8, 4) is 5.75 Å². The third-order valence-electron chi connectivity index (χ3n) is 4.03. The number of aromatic nitrogens is 1. The highest BCUT2D eigenvalue weighted by atomic mass is 19.1. The Balaban J connectivity index is 1.91. The van der Waals surface area contributed by atoms with Crippen LogP contribution in [0.15, 0.2) is 24.3 Å². The van der Waals surface area contributed by atoms with E-state index in [1.54, 1.807) is 28.5 Å². The molecule has 0 spiro atoms. The highest BCUT2D eigenvalue weighted by molar-refractivity contribution is 6.00. The number of carbonyl (C=O) groups is 2. The van der Waals surface area contributed by atoms with Crippen molar-refractivity contribution in [3.63, 3.8) is 0 Å². The molecule has 5 nitrogen and oxygen atoms in total. The highest BCUT2D eigenvalue weighted by Crippen LogP contribution is 2.31. The molecule has 1 amide bonds. The number of hydrogen-bond acceptors (Lipinski definition) is 3. The molecule has 0 bridgehead atoms. The molecule has 0 saturated carbocycles. The Morgan fingerprint density at radius 3 is 2.59 bits per heavy atom. The second-order valence-corrected chi connectivity index (χ2v) is 5.32. The van der Waals surface area contributed by atoms with E-state index in [2.05, 4.69) is 0 Å². The summed E-state index contributed by atoms with van der Waals surface area (Å²) < 4.78 is 14.6. The Bertz CT molecular complexity index is 750. The van der Waals surface area contributed by atoms with Gasteiger partial charge in [0.15, 0.2) is 17.7 Å². The second-order valence-electron chi connectivity index (χ2n) is 5.32. The number of rotatable bonds is 3. The fraction of sp³-hybridized carbons (Fsp3) is 0.250. The number of benzene rings is 1. The first-order valence-electron chi connectivity index (χ1n) is 6.94. The van der Waals surface area contributed by atoms with Crippen LogP contribution in [0.2, 0.25) is 0 Å². The molecular weight excluding hydrogens is 287 g/mol. The molecule has 0 unspecified atom stereocenters. The maximum absolute atomic E-state index is 12.9. The van der Waals surface area contributed by atoms with Crippen LogP contribution in [0.4, 0.5) is 4.39 Å². The van der Waals surface area contributed by atoms with E-state index in [-0.39, 0.29) is 28.7 Å². The zero-order valence-electron chi connectivity index (χ0n) is 12.0. The average Bonchev–Trinajstić information content (AvgIpc) is 2.75. The van der Waals surface area contributed by atoms with Crippen molar-refractivity contribution in [1.82, 2.24) is 9.47 Å². The summed E-state index contributed by atoms with van der Waals surface area (Å²) in [6.07, 6.45) is 0.563. The van der Waals surface area contributed by atoms with Crippen LogP contribution in [0.5, 0.6) is 5.75 Å². The smallest absolute Gasteiger partial charge is 0.274 e. The highest BCUT2D eigenvalue weighted by Gasteiger charge is 2.32. The van der Waals surface area contributed by atoms with Crippen LogP contribution in [0, 0.1) is 12.7 Å². The first-order chi connectivity index (χ1) is 10.5. The topological polar surface area (TPSA) is 62.5 Å². The standard InChI is InChI=1S/C16H15FN2O3/c1-10-13(9-20)15(21)14-16(22)18(6-7-19(10)14)8-11-2-4-12(17)5-3-11/h2-5,9,21H,6-8H2,1H3. The van der Waals surface area contributed by atoms with Gasteiger partial charge in [0.2, 0.25) is 0 Å². The molecule has 2 heterocycles. The van der Waals surface area contributed by atoms with E-state index in [0.29, 0.717) is 31.6 Å². The fourth-order valence-corrected chi connectivity index (χ4v) is 2.81. The number of nitrogens with zero attached hydrogens (tertiary/aromatic N) is 2. The Morgan fingerprint density at radius 1 is 1.27 bits per heavy atom. The van der Waals surface area contributed by atoms with Gasteiger partial charge in [0.05, 0.1) is 5.56 Å². The van der Waals surface area contributed by atoms with Crippen LogP contribution >= 0.6 is 0 Å². The minimum atomic E-state index is -0.329. The predicted octanol–water partition coefficient (Wildman–Crippen LogP) is 2.11. The number of aldehydes is 1. The first-order valence-corrected chi connectivity index (χ1v) is 6.94. The normalized spacial score (nSPS) is 14.1. The molecule has 114 valence electrons. The molecule has 0 atom stereocenters. The van der Waals surface area contributed by atoms with Gasteiger partial charge in [0.1, 0.15) is 5.82 Å². The maximum Gasteiger partial charge on any atom is 0.274 e. The Labute approximate surface area is 126 Å². The lowest BCUT2D eigenvalue weighted by Gasteiger charge is -2.29. The van der Waals surface area contributed by atoms with Crippen molar-refractivity contribution in [2.75, 3.05) is 6.54 Å². The zero-order valence-corrected chi connectivity index (χ0v) is 12.0. The summed E-state index contributed by atoms with van der Waals surface area (Å²) in [5, 5.41) is 10.1. The van der Waals surface area contributed by atoms with Crippen molar-refractivity contribution in [1.29, 1.82) is 0 Å². The minimum Gasteiger partial charge on any atom is -0.505 e.